The van der Waals surface area contributed by atoms with E-state index in [9.17, 15) is 14.0 Å². The molecule has 2 aromatic carbocycles. The fourth-order valence-electron chi connectivity index (χ4n) is 3.76. The molecular weight excluding hydrogens is 505 g/mol. The van der Waals surface area contributed by atoms with Gasteiger partial charge in [-0.2, -0.15) is 0 Å². The van der Waals surface area contributed by atoms with Gasteiger partial charge in [0.2, 0.25) is 5.91 Å². The number of aromatic nitrogens is 2. The maximum absolute atomic E-state index is 12.2. The standard InChI is InChI=1S/C17H16ClFN4O2.C8H11NO3/c1-24-16-8-14-11(7-13(16)20)17(22-9-21-14)23-10-2-3-15(12(18)6-10)25-5-4-19;1-2-7(10)9-5-3-4-6(9)8(11)12/h2-3,6-9H,4-5,20H2,1H3,(H,21,22,23);2,6H,1,3-5H2,(H,11,12)/t;6-/m.0/s1. The minimum atomic E-state index is -0.928. The second kappa shape index (κ2) is 12.7. The summed E-state index contributed by atoms with van der Waals surface area (Å²) in [5.41, 5.74) is 7.85. The Morgan fingerprint density at radius 1 is 1.32 bits per heavy atom. The van der Waals surface area contributed by atoms with Crippen LogP contribution in [0, 0.1) is 0 Å². The molecule has 0 saturated carbocycles. The number of methoxy groups -OCH3 is 1. The summed E-state index contributed by atoms with van der Waals surface area (Å²) in [5.74, 6) is 0.330. The summed E-state index contributed by atoms with van der Waals surface area (Å²) in [7, 11) is 1.55. The van der Waals surface area contributed by atoms with Crippen molar-refractivity contribution in [2.75, 3.05) is 38.0 Å². The van der Waals surface area contributed by atoms with E-state index in [0.717, 1.165) is 17.9 Å². The van der Waals surface area contributed by atoms with Gasteiger partial charge in [-0.15, -0.1) is 0 Å². The molecule has 1 amide bonds. The molecule has 1 aromatic heterocycles. The number of fused-ring (bicyclic) bond motifs is 1. The lowest BCUT2D eigenvalue weighted by Gasteiger charge is -2.18. The molecule has 0 bridgehead atoms. The summed E-state index contributed by atoms with van der Waals surface area (Å²) in [5, 5.41) is 13.0. The van der Waals surface area contributed by atoms with E-state index in [1.54, 1.807) is 37.4 Å². The van der Waals surface area contributed by atoms with Crippen molar-refractivity contribution in [3.05, 3.63) is 54.3 Å². The number of amides is 1. The molecule has 12 heteroatoms. The van der Waals surface area contributed by atoms with Gasteiger partial charge < -0.3 is 30.5 Å². The highest BCUT2D eigenvalue weighted by atomic mass is 35.5. The second-order valence-corrected chi connectivity index (χ2v) is 8.28. The van der Waals surface area contributed by atoms with Crippen molar-refractivity contribution >= 4 is 51.6 Å². The number of benzene rings is 2. The van der Waals surface area contributed by atoms with Crippen molar-refractivity contribution in [3.63, 3.8) is 0 Å². The van der Waals surface area contributed by atoms with Gasteiger partial charge in [0.25, 0.3) is 0 Å². The van der Waals surface area contributed by atoms with Crippen LogP contribution in [-0.2, 0) is 9.59 Å². The minimum absolute atomic E-state index is 0.0375. The highest BCUT2D eigenvalue weighted by Crippen LogP contribution is 2.33. The Labute approximate surface area is 217 Å². The number of nitrogens with one attached hydrogen (secondary N) is 1. The first kappa shape index (κ1) is 27.5. The molecule has 10 nitrogen and oxygen atoms in total. The van der Waals surface area contributed by atoms with Crippen LogP contribution in [-0.4, -0.2) is 64.8 Å². The van der Waals surface area contributed by atoms with E-state index in [-0.39, 0.29) is 12.5 Å². The maximum Gasteiger partial charge on any atom is 0.326 e. The first-order valence-electron chi connectivity index (χ1n) is 11.3. The van der Waals surface area contributed by atoms with Crippen LogP contribution in [0.2, 0.25) is 5.02 Å². The van der Waals surface area contributed by atoms with E-state index in [4.69, 9.17) is 31.9 Å². The van der Waals surface area contributed by atoms with Crippen LogP contribution in [0.5, 0.6) is 11.5 Å². The predicted molar refractivity (Wildman–Crippen MR) is 139 cm³/mol. The maximum atomic E-state index is 12.2. The van der Waals surface area contributed by atoms with E-state index in [1.165, 1.54) is 11.2 Å². The molecule has 1 aliphatic rings. The number of ether oxygens (including phenoxy) is 2. The Kier molecular flexibility index (Phi) is 9.45. The number of nitrogen functional groups attached to an aromatic ring is 1. The summed E-state index contributed by atoms with van der Waals surface area (Å²) < 4.78 is 22.6. The monoisotopic (exact) mass is 531 g/mol. The fourth-order valence-corrected chi connectivity index (χ4v) is 4.00. The molecule has 0 aliphatic carbocycles. The average molecular weight is 532 g/mol. The molecule has 0 spiro atoms. The van der Waals surface area contributed by atoms with Gasteiger partial charge in [0.15, 0.2) is 0 Å². The van der Waals surface area contributed by atoms with E-state index in [1.807, 2.05) is 0 Å². The van der Waals surface area contributed by atoms with Crippen molar-refractivity contribution in [2.24, 2.45) is 0 Å². The van der Waals surface area contributed by atoms with Crippen LogP contribution in [0.15, 0.2) is 49.3 Å². The molecule has 37 heavy (non-hydrogen) atoms. The Balaban J connectivity index is 0.000000266. The van der Waals surface area contributed by atoms with Gasteiger partial charge in [0.05, 0.1) is 23.3 Å². The van der Waals surface area contributed by atoms with E-state index < -0.39 is 18.7 Å². The number of carboxylic acid groups (broad SMARTS) is 1. The zero-order valence-corrected chi connectivity index (χ0v) is 20.9. The Morgan fingerprint density at radius 3 is 2.76 bits per heavy atom. The highest BCUT2D eigenvalue weighted by Gasteiger charge is 2.32. The van der Waals surface area contributed by atoms with Crippen LogP contribution in [0.4, 0.5) is 21.6 Å². The van der Waals surface area contributed by atoms with Crippen molar-refractivity contribution in [2.45, 2.75) is 18.9 Å². The molecule has 0 unspecified atom stereocenters. The summed E-state index contributed by atoms with van der Waals surface area (Å²) in [6.07, 6.45) is 3.91. The molecule has 1 atom stereocenters. The Hall–Kier alpha value is -4.12. The average Bonchev–Trinajstić information content (AvgIpc) is 3.39. The molecule has 4 N–H and O–H groups in total. The Bertz CT molecular complexity index is 1290. The number of carbonyl (C=O) groups excluding carboxylic acids is 1. The molecule has 3 aromatic rings. The van der Waals surface area contributed by atoms with Crippen molar-refractivity contribution < 1.29 is 28.6 Å². The molecule has 2 heterocycles. The number of rotatable bonds is 8. The van der Waals surface area contributed by atoms with Crippen LogP contribution >= 0.6 is 11.6 Å². The van der Waals surface area contributed by atoms with Gasteiger partial charge in [0, 0.05) is 23.7 Å². The largest absolute Gasteiger partial charge is 0.495 e. The second-order valence-electron chi connectivity index (χ2n) is 7.87. The van der Waals surface area contributed by atoms with Gasteiger partial charge in [-0.1, -0.05) is 18.2 Å². The number of likely N-dealkylation sites (tertiary alicyclic amines) is 1. The van der Waals surface area contributed by atoms with E-state index in [0.29, 0.717) is 52.2 Å². The summed E-state index contributed by atoms with van der Waals surface area (Å²) in [6, 6.07) is 7.96. The summed E-state index contributed by atoms with van der Waals surface area (Å²) in [6.45, 7) is 3.23. The number of alkyl halides is 1. The number of aliphatic carboxylic acids is 1. The SMILES string of the molecule is C=CC(=O)N1CCC[C@H]1C(=O)O.COc1cc2ncnc(Nc3ccc(OCCF)c(Cl)c3)c2cc1N. The lowest BCUT2D eigenvalue weighted by atomic mass is 10.2. The van der Waals surface area contributed by atoms with Crippen LogP contribution in [0.1, 0.15) is 12.8 Å². The number of carbonyl (C=O) groups is 2. The normalized spacial score (nSPS) is 14.5. The molecule has 1 fully saturated rings. The van der Waals surface area contributed by atoms with Crippen molar-refractivity contribution in [1.29, 1.82) is 0 Å². The highest BCUT2D eigenvalue weighted by molar-refractivity contribution is 6.32. The number of nitrogens with two attached hydrogens (primary N) is 1. The molecular formula is C25H27ClFN5O5. The number of anilines is 3. The molecule has 196 valence electrons. The van der Waals surface area contributed by atoms with E-state index >= 15 is 0 Å². The smallest absolute Gasteiger partial charge is 0.326 e. The zero-order chi connectivity index (χ0) is 26.9. The molecule has 4 rings (SSSR count). The molecule has 0 radical (unpaired) electrons. The number of hydrogen-bond acceptors (Lipinski definition) is 8. The van der Waals surface area contributed by atoms with Gasteiger partial charge in [-0.3, -0.25) is 4.79 Å². The summed E-state index contributed by atoms with van der Waals surface area (Å²) in [4.78, 5) is 31.5. The third-order valence-corrected chi connectivity index (χ3v) is 5.81. The molecule has 1 aliphatic heterocycles. The zero-order valence-electron chi connectivity index (χ0n) is 20.1. The van der Waals surface area contributed by atoms with Gasteiger partial charge in [-0.25, -0.2) is 19.2 Å². The number of carboxylic acids is 1. The summed E-state index contributed by atoms with van der Waals surface area (Å²) >= 11 is 6.16. The first-order chi connectivity index (χ1) is 17.8. The fraction of sp³-hybridized carbons (Fsp3) is 0.280. The topological polar surface area (TPSA) is 140 Å². The first-order valence-corrected chi connectivity index (χ1v) is 11.7. The lowest BCUT2D eigenvalue weighted by molar-refractivity contribution is -0.146. The predicted octanol–water partition coefficient (Wildman–Crippen LogP) is 4.21. The van der Waals surface area contributed by atoms with Crippen LogP contribution in [0.3, 0.4) is 0 Å². The lowest BCUT2D eigenvalue weighted by Crippen LogP contribution is -2.39. The minimum Gasteiger partial charge on any atom is -0.495 e. The van der Waals surface area contributed by atoms with E-state index in [2.05, 4.69) is 21.9 Å². The number of nitrogens with zero attached hydrogens (tertiary/aromatic N) is 3. The van der Waals surface area contributed by atoms with Gasteiger partial charge in [-0.05, 0) is 43.2 Å². The Morgan fingerprint density at radius 2 is 2.11 bits per heavy atom. The van der Waals surface area contributed by atoms with Crippen molar-refractivity contribution in [1.82, 2.24) is 14.9 Å². The third-order valence-electron chi connectivity index (χ3n) is 5.51. The number of hydrogen-bond donors (Lipinski definition) is 3. The molecule has 1 saturated heterocycles. The van der Waals surface area contributed by atoms with Gasteiger partial charge in [0.1, 0.15) is 43.0 Å². The van der Waals surface area contributed by atoms with Crippen LogP contribution in [0.25, 0.3) is 10.9 Å². The van der Waals surface area contributed by atoms with Crippen molar-refractivity contribution in [3.8, 4) is 11.5 Å². The van der Waals surface area contributed by atoms with Crippen LogP contribution < -0.4 is 20.5 Å². The van der Waals surface area contributed by atoms with Gasteiger partial charge >= 0.3 is 5.97 Å². The third kappa shape index (κ3) is 6.76. The number of halogens is 2. The quantitative estimate of drug-likeness (QED) is 0.288.